The first-order valence-electron chi connectivity index (χ1n) is 10.7. The molecule has 0 aliphatic rings. The number of hydrazone groups is 1. The predicted molar refractivity (Wildman–Crippen MR) is 125 cm³/mol. The van der Waals surface area contributed by atoms with Crippen molar-refractivity contribution in [2.24, 2.45) is 5.10 Å². The molecule has 2 N–H and O–H groups in total. The first-order chi connectivity index (χ1) is 16.0. The van der Waals surface area contributed by atoms with Crippen LogP contribution in [0.15, 0.2) is 77.9 Å². The number of hydrogen-bond acceptors (Lipinski definition) is 5. The van der Waals surface area contributed by atoms with E-state index in [-0.39, 0.29) is 31.2 Å². The highest BCUT2D eigenvalue weighted by molar-refractivity contribution is 5.82. The van der Waals surface area contributed by atoms with E-state index < -0.39 is 6.10 Å². The van der Waals surface area contributed by atoms with Crippen molar-refractivity contribution in [1.82, 2.24) is 5.43 Å². The first kappa shape index (κ1) is 23.9. The van der Waals surface area contributed by atoms with E-state index in [1.54, 1.807) is 60.7 Å². The third kappa shape index (κ3) is 8.05. The summed E-state index contributed by atoms with van der Waals surface area (Å²) in [6, 6.07) is 20.6. The van der Waals surface area contributed by atoms with Crippen LogP contribution in [0, 0.1) is 5.82 Å². The van der Waals surface area contributed by atoms with E-state index in [0.29, 0.717) is 12.4 Å². The Labute approximate surface area is 192 Å². The number of hydrogen-bond donors (Lipinski definition) is 2. The fourth-order valence-electron chi connectivity index (χ4n) is 3.07. The van der Waals surface area contributed by atoms with Crippen LogP contribution in [0.3, 0.4) is 0 Å². The van der Waals surface area contributed by atoms with Gasteiger partial charge in [0.1, 0.15) is 23.9 Å². The summed E-state index contributed by atoms with van der Waals surface area (Å²) in [5.74, 6) is 0.803. The van der Waals surface area contributed by atoms with E-state index in [9.17, 15) is 14.3 Å². The molecule has 3 aromatic rings. The molecule has 0 saturated carbocycles. The summed E-state index contributed by atoms with van der Waals surface area (Å²) >= 11 is 0. The summed E-state index contributed by atoms with van der Waals surface area (Å²) in [6.45, 7) is 2.76. The lowest BCUT2D eigenvalue weighted by Gasteiger charge is -2.11. The fourth-order valence-corrected chi connectivity index (χ4v) is 3.07. The largest absolute Gasteiger partial charge is 0.494 e. The summed E-state index contributed by atoms with van der Waals surface area (Å²) in [4.78, 5) is 12.0. The second-order valence-electron chi connectivity index (χ2n) is 7.34. The second-order valence-corrected chi connectivity index (χ2v) is 7.34. The zero-order valence-electron chi connectivity index (χ0n) is 18.4. The molecule has 0 heterocycles. The summed E-state index contributed by atoms with van der Waals surface area (Å²) in [7, 11) is 0. The summed E-state index contributed by atoms with van der Waals surface area (Å²) in [5, 5.41) is 14.2. The zero-order chi connectivity index (χ0) is 23.5. The number of ether oxygens (including phenoxy) is 2. The predicted octanol–water partition coefficient (Wildman–Crippen LogP) is 4.77. The number of rotatable bonds is 11. The van der Waals surface area contributed by atoms with Crippen LogP contribution in [0.5, 0.6) is 11.5 Å². The van der Waals surface area contributed by atoms with Gasteiger partial charge in [-0.15, -0.1) is 0 Å². The molecule has 7 heteroatoms. The van der Waals surface area contributed by atoms with Crippen LogP contribution < -0.4 is 14.9 Å². The highest BCUT2D eigenvalue weighted by Gasteiger charge is 2.10. The Bertz CT molecular complexity index is 1050. The van der Waals surface area contributed by atoms with Gasteiger partial charge in [0.15, 0.2) is 0 Å². The first-order valence-corrected chi connectivity index (χ1v) is 10.7. The third-order valence-corrected chi connectivity index (χ3v) is 4.80. The van der Waals surface area contributed by atoms with Crippen molar-refractivity contribution < 1.29 is 23.8 Å². The molecule has 0 fully saturated rings. The monoisotopic (exact) mass is 450 g/mol. The van der Waals surface area contributed by atoms with Crippen molar-refractivity contribution in [3.8, 4) is 11.5 Å². The van der Waals surface area contributed by atoms with Gasteiger partial charge in [-0.1, -0.05) is 24.3 Å². The van der Waals surface area contributed by atoms with E-state index in [0.717, 1.165) is 22.4 Å². The lowest BCUT2D eigenvalue weighted by atomic mass is 10.0. The van der Waals surface area contributed by atoms with Crippen molar-refractivity contribution in [1.29, 1.82) is 0 Å². The van der Waals surface area contributed by atoms with E-state index in [4.69, 9.17) is 9.47 Å². The average Bonchev–Trinajstić information content (AvgIpc) is 2.83. The minimum Gasteiger partial charge on any atom is -0.494 e. The van der Waals surface area contributed by atoms with Gasteiger partial charge in [-0.2, -0.15) is 5.10 Å². The number of aliphatic hydroxyl groups excluding tert-OH is 1. The SMILES string of the molecule is CCOc1ccc([C@H](O)CCC(=O)N/N=C\c2ccc(OCc3cccc(F)c3)cc2)cc1. The smallest absolute Gasteiger partial charge is 0.240 e. The number of carbonyl (C=O) groups excluding carboxylic acids is 1. The number of amides is 1. The van der Waals surface area contributed by atoms with Crippen LogP contribution in [-0.2, 0) is 11.4 Å². The minimum absolute atomic E-state index is 0.137. The molecule has 0 aliphatic heterocycles. The van der Waals surface area contributed by atoms with Crippen molar-refractivity contribution in [3.05, 3.63) is 95.3 Å². The highest BCUT2D eigenvalue weighted by Crippen LogP contribution is 2.21. The molecule has 0 aromatic heterocycles. The summed E-state index contributed by atoms with van der Waals surface area (Å²) < 4.78 is 24.2. The number of halogens is 1. The number of nitrogens with zero attached hydrogens (tertiary/aromatic N) is 1. The molecule has 0 saturated heterocycles. The number of aliphatic hydroxyl groups is 1. The molecule has 0 bridgehead atoms. The van der Waals surface area contributed by atoms with Crippen LogP contribution in [-0.4, -0.2) is 23.8 Å². The molecule has 33 heavy (non-hydrogen) atoms. The number of nitrogens with one attached hydrogen (secondary N) is 1. The molecule has 172 valence electrons. The van der Waals surface area contributed by atoms with E-state index in [1.165, 1.54) is 18.3 Å². The van der Waals surface area contributed by atoms with Crippen LogP contribution >= 0.6 is 0 Å². The Morgan fingerprint density at radius 3 is 2.45 bits per heavy atom. The van der Waals surface area contributed by atoms with E-state index in [1.807, 2.05) is 6.92 Å². The van der Waals surface area contributed by atoms with Gasteiger partial charge in [0.2, 0.25) is 5.91 Å². The maximum absolute atomic E-state index is 13.2. The highest BCUT2D eigenvalue weighted by atomic mass is 19.1. The van der Waals surface area contributed by atoms with Crippen LogP contribution in [0.2, 0.25) is 0 Å². The van der Waals surface area contributed by atoms with Crippen molar-refractivity contribution in [2.75, 3.05) is 6.61 Å². The number of benzene rings is 3. The van der Waals surface area contributed by atoms with Crippen molar-refractivity contribution >= 4 is 12.1 Å². The zero-order valence-corrected chi connectivity index (χ0v) is 18.4. The standard InChI is InChI=1S/C26H27FN2O4/c1-2-32-23-12-8-21(9-13-23)25(30)14-15-26(31)29-28-17-19-6-10-24(11-7-19)33-18-20-4-3-5-22(27)16-20/h3-13,16-17,25,30H,2,14-15,18H2,1H3,(H,29,31)/b28-17-/t25-/m1/s1. The van der Waals surface area contributed by atoms with E-state index >= 15 is 0 Å². The molecule has 1 amide bonds. The molecule has 6 nitrogen and oxygen atoms in total. The Kier molecular flexibility index (Phi) is 8.97. The van der Waals surface area contributed by atoms with Gasteiger partial charge in [-0.05, 0) is 78.6 Å². The lowest BCUT2D eigenvalue weighted by molar-refractivity contribution is -0.121. The molecule has 3 rings (SSSR count). The van der Waals surface area contributed by atoms with Crippen LogP contribution in [0.4, 0.5) is 4.39 Å². The molecule has 1 atom stereocenters. The van der Waals surface area contributed by atoms with Gasteiger partial charge in [-0.25, -0.2) is 9.82 Å². The summed E-state index contributed by atoms with van der Waals surface area (Å²) in [6.07, 6.45) is 1.21. The van der Waals surface area contributed by atoms with Gasteiger partial charge < -0.3 is 14.6 Å². The van der Waals surface area contributed by atoms with Gasteiger partial charge in [0.25, 0.3) is 0 Å². The fraction of sp³-hybridized carbons (Fsp3) is 0.231. The maximum atomic E-state index is 13.2. The van der Waals surface area contributed by atoms with Crippen LogP contribution in [0.1, 0.15) is 42.6 Å². The quantitative estimate of drug-likeness (QED) is 0.326. The molecule has 0 unspecified atom stereocenters. The molecule has 3 aromatic carbocycles. The summed E-state index contributed by atoms with van der Waals surface area (Å²) in [5.41, 5.74) is 4.72. The Balaban J connectivity index is 1.39. The molecular weight excluding hydrogens is 423 g/mol. The Morgan fingerprint density at radius 1 is 1.06 bits per heavy atom. The lowest BCUT2D eigenvalue weighted by Crippen LogP contribution is -2.18. The topological polar surface area (TPSA) is 80.2 Å². The third-order valence-electron chi connectivity index (χ3n) is 4.80. The molecule has 0 spiro atoms. The molecular formula is C26H27FN2O4. The molecule has 0 radical (unpaired) electrons. The van der Waals surface area contributed by atoms with Crippen LogP contribution in [0.25, 0.3) is 0 Å². The van der Waals surface area contributed by atoms with Gasteiger partial charge in [0, 0.05) is 6.42 Å². The van der Waals surface area contributed by atoms with Gasteiger partial charge in [0.05, 0.1) is 18.9 Å². The maximum Gasteiger partial charge on any atom is 0.240 e. The van der Waals surface area contributed by atoms with Gasteiger partial charge in [-0.3, -0.25) is 4.79 Å². The second kappa shape index (κ2) is 12.4. The number of carbonyl (C=O) groups is 1. The Morgan fingerprint density at radius 2 is 1.76 bits per heavy atom. The van der Waals surface area contributed by atoms with E-state index in [2.05, 4.69) is 10.5 Å². The minimum atomic E-state index is -0.740. The molecule has 0 aliphatic carbocycles. The van der Waals surface area contributed by atoms with Crippen molar-refractivity contribution in [2.45, 2.75) is 32.5 Å². The Hall–Kier alpha value is -3.71. The average molecular weight is 451 g/mol. The normalized spacial score (nSPS) is 11.8. The van der Waals surface area contributed by atoms with Gasteiger partial charge >= 0.3 is 0 Å². The van der Waals surface area contributed by atoms with Crippen molar-refractivity contribution in [3.63, 3.8) is 0 Å².